The lowest BCUT2D eigenvalue weighted by atomic mass is 9.98. The molecule has 1 atom stereocenters. The zero-order valence-corrected chi connectivity index (χ0v) is 11.5. The van der Waals surface area contributed by atoms with Crippen LogP contribution in [0.15, 0.2) is 36.7 Å². The highest BCUT2D eigenvalue weighted by Crippen LogP contribution is 2.26. The summed E-state index contributed by atoms with van der Waals surface area (Å²) in [6, 6.07) is 6.31. The van der Waals surface area contributed by atoms with Gasteiger partial charge in [0.15, 0.2) is 0 Å². The van der Waals surface area contributed by atoms with Crippen molar-refractivity contribution in [1.29, 1.82) is 0 Å². The molecule has 2 rings (SSSR count). The second-order valence-electron chi connectivity index (χ2n) is 3.88. The molecule has 1 aromatic carbocycles. The van der Waals surface area contributed by atoms with Crippen molar-refractivity contribution in [3.05, 3.63) is 62.7 Å². The fourth-order valence-electron chi connectivity index (χ4n) is 1.72. The Bertz CT molecular complexity index is 543. The van der Waals surface area contributed by atoms with E-state index in [0.29, 0.717) is 0 Å². The zero-order valence-electron chi connectivity index (χ0n) is 9.32. The van der Waals surface area contributed by atoms with Crippen molar-refractivity contribution in [1.82, 2.24) is 4.98 Å². The lowest BCUT2D eigenvalue weighted by Crippen LogP contribution is -2.15. The number of nitrogens with two attached hydrogens (primary N) is 1. The number of aryl methyl sites for hydroxylation is 1. The third-order valence-corrected chi connectivity index (χ3v) is 3.65. The van der Waals surface area contributed by atoms with Crippen LogP contribution in [0.3, 0.4) is 0 Å². The molecule has 2 nitrogen and oxygen atoms in total. The van der Waals surface area contributed by atoms with Crippen molar-refractivity contribution in [2.45, 2.75) is 13.0 Å². The van der Waals surface area contributed by atoms with E-state index in [1.54, 1.807) is 18.5 Å². The molecule has 1 aromatic heterocycles. The first-order valence-electron chi connectivity index (χ1n) is 5.20. The van der Waals surface area contributed by atoms with Crippen LogP contribution >= 0.6 is 22.6 Å². The van der Waals surface area contributed by atoms with Gasteiger partial charge in [0.25, 0.3) is 0 Å². The highest BCUT2D eigenvalue weighted by molar-refractivity contribution is 14.1. The number of halogens is 2. The van der Waals surface area contributed by atoms with Crippen molar-refractivity contribution in [3.63, 3.8) is 0 Å². The summed E-state index contributed by atoms with van der Waals surface area (Å²) >= 11 is 2.10. The van der Waals surface area contributed by atoms with Crippen LogP contribution in [0.2, 0.25) is 0 Å². The Labute approximate surface area is 113 Å². The first-order chi connectivity index (χ1) is 8.09. The smallest absolute Gasteiger partial charge is 0.124 e. The van der Waals surface area contributed by atoms with Gasteiger partial charge in [0.05, 0.1) is 6.04 Å². The number of pyridine rings is 1. The van der Waals surface area contributed by atoms with E-state index in [0.717, 1.165) is 20.3 Å². The number of hydrogen-bond acceptors (Lipinski definition) is 2. The van der Waals surface area contributed by atoms with E-state index < -0.39 is 0 Å². The third-order valence-electron chi connectivity index (χ3n) is 2.71. The number of nitrogens with zero attached hydrogens (tertiary/aromatic N) is 1. The molecule has 0 bridgehead atoms. The van der Waals surface area contributed by atoms with Gasteiger partial charge in [-0.05, 0) is 64.4 Å². The Morgan fingerprint density at radius 3 is 2.71 bits per heavy atom. The van der Waals surface area contributed by atoms with Gasteiger partial charge in [-0.15, -0.1) is 0 Å². The Morgan fingerprint density at radius 1 is 1.29 bits per heavy atom. The Kier molecular flexibility index (Phi) is 3.73. The Morgan fingerprint density at radius 2 is 2.06 bits per heavy atom. The second kappa shape index (κ2) is 5.10. The van der Waals surface area contributed by atoms with Crippen LogP contribution in [-0.2, 0) is 0 Å². The van der Waals surface area contributed by atoms with E-state index in [-0.39, 0.29) is 11.9 Å². The highest BCUT2D eigenvalue weighted by Gasteiger charge is 2.14. The molecule has 0 amide bonds. The average molecular weight is 342 g/mol. The predicted molar refractivity (Wildman–Crippen MR) is 74.1 cm³/mol. The summed E-state index contributed by atoms with van der Waals surface area (Å²) in [4.78, 5) is 4.08. The molecule has 1 heterocycles. The topological polar surface area (TPSA) is 38.9 Å². The summed E-state index contributed by atoms with van der Waals surface area (Å²) in [5.74, 6) is -0.242. The standard InChI is InChI=1S/C13H12FIN2/c1-8-4-5-17-7-11(8)13(16)10-3-2-9(14)6-12(10)15/h2-7,13H,16H2,1H3. The number of hydrogen-bond donors (Lipinski definition) is 1. The maximum absolute atomic E-state index is 13.0. The molecule has 88 valence electrons. The van der Waals surface area contributed by atoms with Gasteiger partial charge in [-0.2, -0.15) is 0 Å². The van der Waals surface area contributed by atoms with E-state index >= 15 is 0 Å². The summed E-state index contributed by atoms with van der Waals surface area (Å²) in [6.45, 7) is 1.99. The molecular formula is C13H12FIN2. The molecule has 0 saturated heterocycles. The second-order valence-corrected chi connectivity index (χ2v) is 5.04. The first kappa shape index (κ1) is 12.4. The van der Waals surface area contributed by atoms with Crippen LogP contribution in [0.4, 0.5) is 4.39 Å². The predicted octanol–water partition coefficient (Wildman–Crippen LogP) is 3.18. The molecule has 0 spiro atoms. The minimum atomic E-state index is -0.267. The first-order valence-corrected chi connectivity index (χ1v) is 6.28. The lowest BCUT2D eigenvalue weighted by molar-refractivity contribution is 0.625. The largest absolute Gasteiger partial charge is 0.320 e. The molecular weight excluding hydrogens is 330 g/mol. The molecule has 4 heteroatoms. The third kappa shape index (κ3) is 2.63. The van der Waals surface area contributed by atoms with Crippen molar-refractivity contribution in [3.8, 4) is 0 Å². The van der Waals surface area contributed by atoms with E-state index in [2.05, 4.69) is 27.6 Å². The summed E-state index contributed by atoms with van der Waals surface area (Å²) in [5.41, 5.74) is 9.18. The van der Waals surface area contributed by atoms with E-state index in [1.807, 2.05) is 13.0 Å². The van der Waals surface area contributed by atoms with Crippen molar-refractivity contribution in [2.24, 2.45) is 5.73 Å². The van der Waals surface area contributed by atoms with E-state index in [1.165, 1.54) is 12.1 Å². The summed E-state index contributed by atoms with van der Waals surface area (Å²) in [7, 11) is 0. The van der Waals surface area contributed by atoms with Gasteiger partial charge < -0.3 is 5.73 Å². The van der Waals surface area contributed by atoms with Crippen LogP contribution < -0.4 is 5.73 Å². The number of aromatic nitrogens is 1. The molecule has 2 N–H and O–H groups in total. The monoisotopic (exact) mass is 342 g/mol. The Hall–Kier alpha value is -1.01. The van der Waals surface area contributed by atoms with Gasteiger partial charge in [-0.3, -0.25) is 4.98 Å². The highest BCUT2D eigenvalue weighted by atomic mass is 127. The minimum Gasteiger partial charge on any atom is -0.320 e. The van der Waals surface area contributed by atoms with Gasteiger partial charge in [0, 0.05) is 16.0 Å². The summed E-state index contributed by atoms with van der Waals surface area (Å²) < 4.78 is 13.9. The fourth-order valence-corrected chi connectivity index (χ4v) is 2.54. The normalized spacial score (nSPS) is 12.5. The van der Waals surface area contributed by atoms with Crippen LogP contribution in [0, 0.1) is 16.3 Å². The number of rotatable bonds is 2. The van der Waals surface area contributed by atoms with E-state index in [4.69, 9.17) is 5.73 Å². The van der Waals surface area contributed by atoms with E-state index in [9.17, 15) is 4.39 Å². The van der Waals surface area contributed by atoms with Gasteiger partial charge in [0.1, 0.15) is 5.82 Å². The molecule has 0 radical (unpaired) electrons. The van der Waals surface area contributed by atoms with Crippen LogP contribution in [0.5, 0.6) is 0 Å². The van der Waals surface area contributed by atoms with Gasteiger partial charge in [-0.1, -0.05) is 6.07 Å². The summed E-state index contributed by atoms with van der Waals surface area (Å²) in [5, 5.41) is 0. The molecule has 0 aliphatic rings. The Balaban J connectivity index is 2.44. The molecule has 0 saturated carbocycles. The lowest BCUT2D eigenvalue weighted by Gasteiger charge is -2.16. The quantitative estimate of drug-likeness (QED) is 0.852. The fraction of sp³-hybridized carbons (Fsp3) is 0.154. The van der Waals surface area contributed by atoms with Crippen molar-refractivity contribution in [2.75, 3.05) is 0 Å². The summed E-state index contributed by atoms with van der Waals surface area (Å²) in [6.07, 6.45) is 3.50. The molecule has 1 unspecified atom stereocenters. The van der Waals surface area contributed by atoms with Crippen LogP contribution in [-0.4, -0.2) is 4.98 Å². The SMILES string of the molecule is Cc1ccncc1C(N)c1ccc(F)cc1I. The minimum absolute atomic E-state index is 0.242. The molecule has 0 aliphatic carbocycles. The average Bonchev–Trinajstić information content (AvgIpc) is 2.29. The van der Waals surface area contributed by atoms with Gasteiger partial charge in [0.2, 0.25) is 0 Å². The van der Waals surface area contributed by atoms with Crippen LogP contribution in [0.1, 0.15) is 22.7 Å². The maximum atomic E-state index is 13.0. The number of benzene rings is 1. The van der Waals surface area contributed by atoms with Crippen LogP contribution in [0.25, 0.3) is 0 Å². The molecule has 0 fully saturated rings. The van der Waals surface area contributed by atoms with Gasteiger partial charge >= 0.3 is 0 Å². The maximum Gasteiger partial charge on any atom is 0.124 e. The van der Waals surface area contributed by atoms with Crippen molar-refractivity contribution < 1.29 is 4.39 Å². The molecule has 2 aromatic rings. The zero-order chi connectivity index (χ0) is 12.4. The van der Waals surface area contributed by atoms with Gasteiger partial charge in [-0.25, -0.2) is 4.39 Å². The van der Waals surface area contributed by atoms with Crippen molar-refractivity contribution >= 4 is 22.6 Å². The molecule has 17 heavy (non-hydrogen) atoms. The molecule has 0 aliphatic heterocycles.